The van der Waals surface area contributed by atoms with Crippen LogP contribution in [0.2, 0.25) is 0 Å². The lowest BCUT2D eigenvalue weighted by molar-refractivity contribution is 0.296. The smallest absolute Gasteiger partial charge is 0.146 e. The van der Waals surface area contributed by atoms with E-state index in [1.165, 1.54) is 38.2 Å². The molecule has 2 N–H and O–H groups in total. The van der Waals surface area contributed by atoms with Crippen molar-refractivity contribution in [3.8, 4) is 0 Å². The molecule has 2 rings (SSSR count). The van der Waals surface area contributed by atoms with Gasteiger partial charge in [-0.1, -0.05) is 31.4 Å². The average molecular weight is 264 g/mol. The molecule has 1 aromatic rings. The van der Waals surface area contributed by atoms with E-state index in [2.05, 4.69) is 11.8 Å². The van der Waals surface area contributed by atoms with E-state index in [4.69, 9.17) is 5.73 Å². The van der Waals surface area contributed by atoms with Crippen LogP contribution in [0.15, 0.2) is 24.3 Å². The van der Waals surface area contributed by atoms with Gasteiger partial charge in [-0.3, -0.25) is 0 Å². The molecule has 1 atom stereocenters. The van der Waals surface area contributed by atoms with E-state index in [9.17, 15) is 4.39 Å². The topological polar surface area (TPSA) is 29.3 Å². The van der Waals surface area contributed by atoms with Gasteiger partial charge in [0.2, 0.25) is 0 Å². The Morgan fingerprint density at radius 3 is 2.53 bits per heavy atom. The fourth-order valence-corrected chi connectivity index (χ4v) is 3.36. The average Bonchev–Trinajstić information content (AvgIpc) is 2.46. The summed E-state index contributed by atoms with van der Waals surface area (Å²) in [6.07, 6.45) is 6.37. The Hall–Kier alpha value is -1.09. The number of para-hydroxylation sites is 1. The molecule has 0 spiro atoms. The van der Waals surface area contributed by atoms with Crippen molar-refractivity contribution < 1.29 is 4.39 Å². The second-order valence-electron chi connectivity index (χ2n) is 5.44. The van der Waals surface area contributed by atoms with Crippen molar-refractivity contribution in [1.29, 1.82) is 0 Å². The van der Waals surface area contributed by atoms with E-state index in [0.717, 1.165) is 6.54 Å². The molecule has 0 radical (unpaired) electrons. The highest BCUT2D eigenvalue weighted by molar-refractivity contribution is 5.48. The van der Waals surface area contributed by atoms with Gasteiger partial charge < -0.3 is 10.6 Å². The van der Waals surface area contributed by atoms with Crippen molar-refractivity contribution in [1.82, 2.24) is 0 Å². The first-order valence-electron chi connectivity index (χ1n) is 7.49. The highest BCUT2D eigenvalue weighted by atomic mass is 19.1. The number of nitrogens with zero attached hydrogens (tertiary/aromatic N) is 1. The minimum absolute atomic E-state index is 0.140. The third kappa shape index (κ3) is 3.27. The third-order valence-electron chi connectivity index (χ3n) is 4.34. The van der Waals surface area contributed by atoms with Crippen LogP contribution in [0.25, 0.3) is 0 Å². The van der Waals surface area contributed by atoms with E-state index in [1.54, 1.807) is 6.07 Å². The van der Waals surface area contributed by atoms with Crippen LogP contribution in [0.5, 0.6) is 0 Å². The highest BCUT2D eigenvalue weighted by Gasteiger charge is 2.28. The van der Waals surface area contributed by atoms with Crippen LogP contribution >= 0.6 is 0 Å². The van der Waals surface area contributed by atoms with Crippen LogP contribution in [0.1, 0.15) is 39.0 Å². The number of anilines is 1. The van der Waals surface area contributed by atoms with Crippen LogP contribution in [0.4, 0.5) is 10.1 Å². The Bertz CT molecular complexity index is 388. The number of halogens is 1. The van der Waals surface area contributed by atoms with E-state index < -0.39 is 0 Å². The molecule has 1 aliphatic carbocycles. The largest absolute Gasteiger partial charge is 0.365 e. The monoisotopic (exact) mass is 264 g/mol. The normalized spacial score (nSPS) is 18.3. The van der Waals surface area contributed by atoms with E-state index in [0.29, 0.717) is 18.2 Å². The Morgan fingerprint density at radius 2 is 1.95 bits per heavy atom. The van der Waals surface area contributed by atoms with Crippen LogP contribution in [-0.4, -0.2) is 19.1 Å². The maximum Gasteiger partial charge on any atom is 0.146 e. The zero-order valence-corrected chi connectivity index (χ0v) is 11.8. The molecule has 1 unspecified atom stereocenters. The van der Waals surface area contributed by atoms with Crippen molar-refractivity contribution >= 4 is 5.69 Å². The lowest BCUT2D eigenvalue weighted by Crippen LogP contribution is -2.46. The van der Waals surface area contributed by atoms with E-state index >= 15 is 0 Å². The Labute approximate surface area is 115 Å². The lowest BCUT2D eigenvalue weighted by Gasteiger charge is -2.39. The molecule has 0 bridgehead atoms. The molecule has 1 fully saturated rings. The molecule has 0 aromatic heterocycles. The summed E-state index contributed by atoms with van der Waals surface area (Å²) in [5.41, 5.74) is 6.70. The van der Waals surface area contributed by atoms with Gasteiger partial charge in [0.1, 0.15) is 5.82 Å². The number of rotatable bonds is 5. The molecule has 0 amide bonds. The molecule has 19 heavy (non-hydrogen) atoms. The summed E-state index contributed by atoms with van der Waals surface area (Å²) in [5, 5.41) is 0. The molecular weight excluding hydrogens is 239 g/mol. The SMILES string of the molecule is CCN(c1ccccc1F)C(CN)C1CCCCC1. The molecule has 1 saturated carbocycles. The molecular formula is C16H25FN2. The molecule has 3 heteroatoms. The maximum absolute atomic E-state index is 14.0. The van der Waals surface area contributed by atoms with Crippen LogP contribution in [0.3, 0.4) is 0 Å². The first-order valence-corrected chi connectivity index (χ1v) is 7.49. The van der Waals surface area contributed by atoms with Gasteiger partial charge in [0.25, 0.3) is 0 Å². The van der Waals surface area contributed by atoms with E-state index in [1.807, 2.05) is 12.1 Å². The second-order valence-corrected chi connectivity index (χ2v) is 5.44. The molecule has 0 saturated heterocycles. The van der Waals surface area contributed by atoms with Crippen molar-refractivity contribution in [3.63, 3.8) is 0 Å². The zero-order chi connectivity index (χ0) is 13.7. The summed E-state index contributed by atoms with van der Waals surface area (Å²) >= 11 is 0. The molecule has 0 heterocycles. The first kappa shape index (κ1) is 14.3. The molecule has 0 aliphatic heterocycles. The highest BCUT2D eigenvalue weighted by Crippen LogP contribution is 2.31. The number of hydrogen-bond acceptors (Lipinski definition) is 2. The zero-order valence-electron chi connectivity index (χ0n) is 11.8. The summed E-state index contributed by atoms with van der Waals surface area (Å²) < 4.78 is 14.0. The van der Waals surface area contributed by atoms with Crippen molar-refractivity contribution in [3.05, 3.63) is 30.1 Å². The van der Waals surface area contributed by atoms with Gasteiger partial charge in [-0.25, -0.2) is 4.39 Å². The van der Waals surface area contributed by atoms with E-state index in [-0.39, 0.29) is 11.9 Å². The third-order valence-corrected chi connectivity index (χ3v) is 4.34. The number of nitrogens with two attached hydrogens (primary N) is 1. The van der Waals surface area contributed by atoms with Crippen LogP contribution in [0, 0.1) is 11.7 Å². The second kappa shape index (κ2) is 6.90. The maximum atomic E-state index is 14.0. The van der Waals surface area contributed by atoms with Gasteiger partial charge in [0, 0.05) is 19.1 Å². The summed E-state index contributed by atoms with van der Waals surface area (Å²) in [5.74, 6) is 0.469. The van der Waals surface area contributed by atoms with Gasteiger partial charge in [0.15, 0.2) is 0 Å². The fraction of sp³-hybridized carbons (Fsp3) is 0.625. The van der Waals surface area contributed by atoms with Gasteiger partial charge in [-0.05, 0) is 37.8 Å². The number of likely N-dealkylation sites (N-methyl/N-ethyl adjacent to an activating group) is 1. The lowest BCUT2D eigenvalue weighted by atomic mass is 9.83. The first-order chi connectivity index (χ1) is 9.27. The number of benzene rings is 1. The summed E-state index contributed by atoms with van der Waals surface area (Å²) in [7, 11) is 0. The van der Waals surface area contributed by atoms with Crippen molar-refractivity contribution in [2.45, 2.75) is 45.1 Å². The molecule has 2 nitrogen and oxygen atoms in total. The van der Waals surface area contributed by atoms with Gasteiger partial charge in [-0.15, -0.1) is 0 Å². The van der Waals surface area contributed by atoms with Gasteiger partial charge in [0.05, 0.1) is 5.69 Å². The molecule has 106 valence electrons. The standard InChI is InChI=1S/C16H25FN2/c1-2-19(15-11-7-6-10-14(15)17)16(12-18)13-8-4-3-5-9-13/h6-7,10-11,13,16H,2-5,8-9,12,18H2,1H3. The number of hydrogen-bond donors (Lipinski definition) is 1. The quantitative estimate of drug-likeness (QED) is 0.881. The van der Waals surface area contributed by atoms with Crippen molar-refractivity contribution in [2.24, 2.45) is 11.7 Å². The molecule has 1 aromatic carbocycles. The van der Waals surface area contributed by atoms with Gasteiger partial charge in [-0.2, -0.15) is 0 Å². The van der Waals surface area contributed by atoms with Crippen LogP contribution < -0.4 is 10.6 Å². The minimum atomic E-state index is -0.140. The molecule has 1 aliphatic rings. The summed E-state index contributed by atoms with van der Waals surface area (Å²) in [6.45, 7) is 3.49. The van der Waals surface area contributed by atoms with Crippen molar-refractivity contribution in [2.75, 3.05) is 18.0 Å². The predicted molar refractivity (Wildman–Crippen MR) is 78.8 cm³/mol. The Kier molecular flexibility index (Phi) is 5.20. The summed E-state index contributed by atoms with van der Waals surface area (Å²) in [4.78, 5) is 2.16. The van der Waals surface area contributed by atoms with Crippen LogP contribution in [-0.2, 0) is 0 Å². The Morgan fingerprint density at radius 1 is 1.26 bits per heavy atom. The summed E-state index contributed by atoms with van der Waals surface area (Å²) in [6, 6.07) is 7.30. The predicted octanol–water partition coefficient (Wildman–Crippen LogP) is 3.56. The Balaban J connectivity index is 2.20. The minimum Gasteiger partial charge on any atom is -0.365 e. The fourth-order valence-electron chi connectivity index (χ4n) is 3.36. The van der Waals surface area contributed by atoms with Gasteiger partial charge >= 0.3 is 0 Å².